The molecule has 162 valence electrons. The highest BCUT2D eigenvalue weighted by Crippen LogP contribution is 2.09. The van der Waals surface area contributed by atoms with Crippen LogP contribution in [0, 0.1) is 0 Å². The second kappa shape index (κ2) is 10.9. The summed E-state index contributed by atoms with van der Waals surface area (Å²) < 4.78 is 5.22. The summed E-state index contributed by atoms with van der Waals surface area (Å²) in [6.07, 6.45) is -0.791. The fraction of sp³-hybridized carbons (Fsp3) is 0.172. The van der Waals surface area contributed by atoms with Crippen LogP contribution < -0.4 is 27.2 Å². The van der Waals surface area contributed by atoms with Crippen LogP contribution in [0.4, 0.5) is 0 Å². The van der Waals surface area contributed by atoms with E-state index in [4.69, 9.17) is 4.74 Å². The molecule has 0 radical (unpaired) electrons. The van der Waals surface area contributed by atoms with E-state index in [0.29, 0.717) is 6.10 Å². The van der Waals surface area contributed by atoms with Crippen LogP contribution in [0.5, 0.6) is 0 Å². The zero-order valence-electron chi connectivity index (χ0n) is 18.7. The second-order valence-corrected chi connectivity index (χ2v) is 8.39. The molecule has 0 spiro atoms. The normalized spacial score (nSPS) is 16.0. The van der Waals surface area contributed by atoms with Crippen LogP contribution in [0.25, 0.3) is 0 Å². The Hall–Kier alpha value is -3.14. The Labute approximate surface area is 192 Å². The Bertz CT molecular complexity index is 886. The minimum atomic E-state index is -1.22. The van der Waals surface area contributed by atoms with Gasteiger partial charge >= 0.3 is 0 Å². The molecule has 1 fully saturated rings. The number of ether oxygens (including phenoxy) is 1. The molecule has 1 aliphatic heterocycles. The van der Waals surface area contributed by atoms with Crippen molar-refractivity contribution in [2.75, 3.05) is 19.7 Å². The molecule has 1 unspecified atom stereocenters. The zero-order chi connectivity index (χ0) is 22.1. The lowest BCUT2D eigenvalue weighted by atomic mass is 9.13. The van der Waals surface area contributed by atoms with Crippen molar-refractivity contribution >= 4 is 28.0 Å². The molecular weight excluding hydrogens is 389 g/mol. The molecule has 0 saturated carbocycles. The monoisotopic (exact) mass is 420 g/mol. The van der Waals surface area contributed by atoms with Gasteiger partial charge in [0.1, 0.15) is 6.15 Å². The van der Waals surface area contributed by atoms with Gasteiger partial charge in [-0.15, -0.1) is 0 Å². The Morgan fingerprint density at radius 3 is 1.16 bits per heavy atom. The lowest BCUT2D eigenvalue weighted by Crippen LogP contribution is -2.74. The smallest absolute Gasteiger partial charge is 0.108 e. The van der Waals surface area contributed by atoms with Crippen molar-refractivity contribution in [1.29, 1.82) is 0 Å². The fourth-order valence-corrected chi connectivity index (χ4v) is 4.82. The highest BCUT2D eigenvalue weighted by Gasteiger charge is 2.30. The summed E-state index contributed by atoms with van der Waals surface area (Å²) in [6.45, 7) is 4.98. The summed E-state index contributed by atoms with van der Waals surface area (Å²) in [5, 5.41) is 3.21. The van der Waals surface area contributed by atoms with E-state index >= 15 is 0 Å². The molecule has 1 atom stereocenters. The van der Waals surface area contributed by atoms with Crippen molar-refractivity contribution in [3.8, 4) is 0 Å². The van der Waals surface area contributed by atoms with Crippen LogP contribution in [0.2, 0.25) is 0 Å². The first kappa shape index (κ1) is 22.1. The van der Waals surface area contributed by atoms with Crippen molar-refractivity contribution in [3.63, 3.8) is 0 Å². The van der Waals surface area contributed by atoms with Gasteiger partial charge in [-0.2, -0.15) is 21.9 Å². The Morgan fingerprint density at radius 2 is 0.938 bits per heavy atom. The molecule has 1 heterocycles. The van der Waals surface area contributed by atoms with Crippen LogP contribution in [-0.4, -0.2) is 31.9 Å². The highest BCUT2D eigenvalue weighted by molar-refractivity contribution is 7.19. The van der Waals surface area contributed by atoms with Crippen molar-refractivity contribution in [1.82, 2.24) is 5.32 Å². The van der Waals surface area contributed by atoms with Crippen LogP contribution >= 0.6 is 0 Å². The number of hydrogen-bond acceptors (Lipinski definition) is 2. The molecule has 0 aromatic heterocycles. The molecular formula is C29H31BNO-. The number of nitrogens with one attached hydrogen (secondary N) is 1. The lowest BCUT2D eigenvalue weighted by molar-refractivity contribution is 0.0410. The standard InChI is InChI=1S/C24H20B.C5H11NO/c1-5-13-21(14-6-1)25(22-15-7-2-8-16-22,23-17-9-3-10-18-23)24-19-11-4-12-20-24;1-5-4-6-2-3-7-5/h1-20H;5-6H,2-4H2,1H3/q-1;. The van der Waals surface area contributed by atoms with E-state index in [1.54, 1.807) is 0 Å². The van der Waals surface area contributed by atoms with Crippen molar-refractivity contribution < 1.29 is 4.74 Å². The molecule has 4 aromatic carbocycles. The van der Waals surface area contributed by atoms with Gasteiger partial charge in [-0.25, -0.2) is 0 Å². The molecule has 2 nitrogen and oxygen atoms in total. The first-order valence-electron chi connectivity index (χ1n) is 11.5. The summed E-state index contributed by atoms with van der Waals surface area (Å²) in [7, 11) is 0. The van der Waals surface area contributed by atoms with Crippen LogP contribution in [0.3, 0.4) is 0 Å². The maximum Gasteiger partial charge on any atom is 0.108 e. The molecule has 0 bridgehead atoms. The van der Waals surface area contributed by atoms with Gasteiger partial charge in [-0.3, -0.25) is 0 Å². The highest BCUT2D eigenvalue weighted by atomic mass is 16.5. The van der Waals surface area contributed by atoms with Gasteiger partial charge in [-0.05, 0) is 6.92 Å². The average Bonchev–Trinajstić information content (AvgIpc) is 2.88. The summed E-state index contributed by atoms with van der Waals surface area (Å²) >= 11 is 0. The van der Waals surface area contributed by atoms with E-state index in [2.05, 4.69) is 134 Å². The fourth-order valence-electron chi connectivity index (χ4n) is 4.82. The number of hydrogen-bond donors (Lipinski definition) is 1. The molecule has 0 aliphatic carbocycles. The number of rotatable bonds is 4. The lowest BCUT2D eigenvalue weighted by Gasteiger charge is -2.44. The maximum atomic E-state index is 5.22. The molecule has 4 aromatic rings. The van der Waals surface area contributed by atoms with Crippen molar-refractivity contribution in [3.05, 3.63) is 121 Å². The van der Waals surface area contributed by atoms with Crippen molar-refractivity contribution in [2.45, 2.75) is 13.0 Å². The Balaban J connectivity index is 0.000000300. The first-order valence-corrected chi connectivity index (χ1v) is 11.5. The largest absolute Gasteiger partial charge is 0.376 e. The van der Waals surface area contributed by atoms with E-state index in [9.17, 15) is 0 Å². The molecule has 5 rings (SSSR count). The quantitative estimate of drug-likeness (QED) is 0.513. The zero-order valence-corrected chi connectivity index (χ0v) is 18.7. The van der Waals surface area contributed by atoms with E-state index in [1.165, 1.54) is 21.9 Å². The van der Waals surface area contributed by atoms with E-state index in [1.807, 2.05) is 0 Å². The predicted molar refractivity (Wildman–Crippen MR) is 138 cm³/mol. The average molecular weight is 420 g/mol. The molecule has 1 aliphatic rings. The van der Waals surface area contributed by atoms with Gasteiger partial charge in [0.15, 0.2) is 0 Å². The van der Waals surface area contributed by atoms with Crippen LogP contribution in [0.1, 0.15) is 6.92 Å². The number of benzene rings is 4. The Kier molecular flexibility index (Phi) is 7.55. The molecule has 3 heteroatoms. The van der Waals surface area contributed by atoms with E-state index in [-0.39, 0.29) is 0 Å². The minimum Gasteiger partial charge on any atom is -0.376 e. The van der Waals surface area contributed by atoms with E-state index < -0.39 is 6.15 Å². The Morgan fingerprint density at radius 1 is 0.594 bits per heavy atom. The third-order valence-electron chi connectivity index (χ3n) is 6.31. The molecule has 1 saturated heterocycles. The van der Waals surface area contributed by atoms with Gasteiger partial charge in [-0.1, -0.05) is 121 Å². The predicted octanol–water partition coefficient (Wildman–Crippen LogP) is 3.06. The topological polar surface area (TPSA) is 21.3 Å². The summed E-state index contributed by atoms with van der Waals surface area (Å²) in [6, 6.07) is 43.5. The summed E-state index contributed by atoms with van der Waals surface area (Å²) in [5.41, 5.74) is 5.36. The van der Waals surface area contributed by atoms with Crippen LogP contribution in [-0.2, 0) is 4.74 Å². The first-order chi connectivity index (χ1) is 15.8. The van der Waals surface area contributed by atoms with Crippen LogP contribution in [0.15, 0.2) is 121 Å². The van der Waals surface area contributed by atoms with Crippen molar-refractivity contribution in [2.24, 2.45) is 0 Å². The summed E-state index contributed by atoms with van der Waals surface area (Å²) in [5.74, 6) is 0. The number of morpholine rings is 1. The second-order valence-electron chi connectivity index (χ2n) is 8.39. The maximum absolute atomic E-state index is 5.22. The molecule has 0 amide bonds. The third kappa shape index (κ3) is 4.85. The van der Waals surface area contributed by atoms with E-state index in [0.717, 1.165) is 19.7 Å². The minimum absolute atomic E-state index is 0.425. The van der Waals surface area contributed by atoms with Gasteiger partial charge in [0.25, 0.3) is 0 Å². The summed E-state index contributed by atoms with van der Waals surface area (Å²) in [4.78, 5) is 0. The molecule has 32 heavy (non-hydrogen) atoms. The van der Waals surface area contributed by atoms with Gasteiger partial charge in [0.2, 0.25) is 0 Å². The SMILES string of the molecule is CC1CNCCO1.c1ccc([B-](c2ccccc2)(c2ccccc2)c2ccccc2)cc1. The van der Waals surface area contributed by atoms with Gasteiger partial charge in [0, 0.05) is 13.1 Å². The third-order valence-corrected chi connectivity index (χ3v) is 6.31. The van der Waals surface area contributed by atoms with Gasteiger partial charge in [0.05, 0.1) is 12.7 Å². The molecule has 1 N–H and O–H groups in total. The van der Waals surface area contributed by atoms with Gasteiger partial charge < -0.3 is 10.1 Å².